The van der Waals surface area contributed by atoms with E-state index in [9.17, 15) is 14.4 Å². The molecule has 3 rings (SSSR count). The van der Waals surface area contributed by atoms with Crippen LogP contribution in [0.1, 0.15) is 20.7 Å². The lowest BCUT2D eigenvalue weighted by Crippen LogP contribution is -2.44. The van der Waals surface area contributed by atoms with Crippen molar-refractivity contribution in [2.24, 2.45) is 0 Å². The largest absolute Gasteiger partial charge is 0.377 e. The Bertz CT molecular complexity index is 857. The van der Waals surface area contributed by atoms with Crippen molar-refractivity contribution in [3.8, 4) is 0 Å². The Hall–Kier alpha value is -2.83. The summed E-state index contributed by atoms with van der Waals surface area (Å²) in [5.74, 6) is -1.02. The quantitative estimate of drug-likeness (QED) is 0.659. The van der Waals surface area contributed by atoms with Gasteiger partial charge in [0.1, 0.15) is 0 Å². The molecule has 1 heterocycles. The predicted molar refractivity (Wildman–Crippen MR) is 97.2 cm³/mol. The van der Waals surface area contributed by atoms with E-state index in [2.05, 4.69) is 5.32 Å². The van der Waals surface area contributed by atoms with Gasteiger partial charge in [0.2, 0.25) is 5.91 Å². The topological polar surface area (TPSA) is 69.7 Å². The van der Waals surface area contributed by atoms with Crippen molar-refractivity contribution in [3.63, 3.8) is 0 Å². The number of benzene rings is 2. The van der Waals surface area contributed by atoms with Crippen molar-refractivity contribution in [1.82, 2.24) is 10.2 Å². The highest BCUT2D eigenvalue weighted by atomic mass is 16.2. The molecule has 3 amide bonds. The van der Waals surface area contributed by atoms with E-state index in [4.69, 9.17) is 7.85 Å². The third-order valence-corrected chi connectivity index (χ3v) is 4.29. The third-order valence-electron chi connectivity index (χ3n) is 4.29. The van der Waals surface area contributed by atoms with Crippen LogP contribution in [0.3, 0.4) is 0 Å². The van der Waals surface area contributed by atoms with Crippen LogP contribution in [0.2, 0.25) is 6.32 Å². The molecule has 0 fully saturated rings. The minimum atomic E-state index is -0.346. The van der Waals surface area contributed by atoms with Gasteiger partial charge in [-0.05, 0) is 24.5 Å². The molecule has 0 spiro atoms. The van der Waals surface area contributed by atoms with Crippen LogP contribution in [0.15, 0.2) is 30.3 Å². The SMILES string of the molecule is [B]CC(=O)NCCN1C(=O)c2cccc3c(N(C)C)ccc(c23)C1=O. The Balaban J connectivity index is 2.00. The van der Waals surface area contributed by atoms with Crippen LogP contribution in [0, 0.1) is 0 Å². The van der Waals surface area contributed by atoms with E-state index in [1.54, 1.807) is 12.1 Å². The van der Waals surface area contributed by atoms with Gasteiger partial charge in [0.05, 0.1) is 7.85 Å². The molecule has 0 atom stereocenters. The molecule has 0 aliphatic carbocycles. The summed E-state index contributed by atoms with van der Waals surface area (Å²) in [5.41, 5.74) is 1.95. The lowest BCUT2D eigenvalue weighted by molar-refractivity contribution is -0.118. The first-order valence-corrected chi connectivity index (χ1v) is 8.01. The second-order valence-electron chi connectivity index (χ2n) is 6.07. The maximum absolute atomic E-state index is 12.8. The lowest BCUT2D eigenvalue weighted by atomic mass is 9.93. The molecule has 1 N–H and O–H groups in total. The molecule has 2 aromatic carbocycles. The van der Waals surface area contributed by atoms with Gasteiger partial charge in [0.25, 0.3) is 11.8 Å². The summed E-state index contributed by atoms with van der Waals surface area (Å²) >= 11 is 0. The molecule has 0 aromatic heterocycles. The first-order valence-electron chi connectivity index (χ1n) is 8.01. The highest BCUT2D eigenvalue weighted by Crippen LogP contribution is 2.35. The zero-order valence-corrected chi connectivity index (χ0v) is 14.2. The molecule has 0 unspecified atom stereocenters. The number of hydrogen-bond donors (Lipinski definition) is 1. The van der Waals surface area contributed by atoms with E-state index < -0.39 is 0 Å². The van der Waals surface area contributed by atoms with E-state index in [-0.39, 0.29) is 37.1 Å². The van der Waals surface area contributed by atoms with Crippen LogP contribution in [-0.4, -0.2) is 57.7 Å². The Labute approximate surface area is 147 Å². The molecule has 0 bridgehead atoms. The summed E-state index contributed by atoms with van der Waals surface area (Å²) in [5, 5.41) is 4.14. The van der Waals surface area contributed by atoms with Crippen LogP contribution in [-0.2, 0) is 4.79 Å². The summed E-state index contributed by atoms with van der Waals surface area (Å²) in [7, 11) is 9.07. The minimum absolute atomic E-state index is 0.106. The average molecular weight is 335 g/mol. The standard InChI is InChI=1S/C18H18BN3O3/c1-21(2)14-7-6-13-16-11(14)4-3-5-12(16)17(24)22(18(13)25)9-8-20-15(23)10-19/h3-7H,8-10H2,1-2H3,(H,20,23). The van der Waals surface area contributed by atoms with Crippen LogP contribution < -0.4 is 10.2 Å². The third kappa shape index (κ3) is 2.86. The van der Waals surface area contributed by atoms with Crippen LogP contribution in [0.5, 0.6) is 0 Å². The fourth-order valence-electron chi connectivity index (χ4n) is 3.10. The molecule has 0 saturated carbocycles. The van der Waals surface area contributed by atoms with Gasteiger partial charge in [-0.3, -0.25) is 19.3 Å². The molecule has 7 heteroatoms. The Morgan fingerprint density at radius 3 is 2.44 bits per heavy atom. The first kappa shape index (κ1) is 17.0. The van der Waals surface area contributed by atoms with Crippen LogP contribution in [0.4, 0.5) is 5.69 Å². The summed E-state index contributed by atoms with van der Waals surface area (Å²) in [6.07, 6.45) is -0.128. The van der Waals surface area contributed by atoms with E-state index in [1.165, 1.54) is 4.90 Å². The number of nitrogens with one attached hydrogen (secondary N) is 1. The Kier molecular flexibility index (Phi) is 4.48. The molecule has 25 heavy (non-hydrogen) atoms. The zero-order valence-electron chi connectivity index (χ0n) is 14.2. The van der Waals surface area contributed by atoms with Gasteiger partial charge in [-0.2, -0.15) is 0 Å². The van der Waals surface area contributed by atoms with Gasteiger partial charge in [-0.25, -0.2) is 0 Å². The summed E-state index contributed by atoms with van der Waals surface area (Å²) in [4.78, 5) is 39.9. The fraction of sp³-hybridized carbons (Fsp3) is 0.278. The Morgan fingerprint density at radius 1 is 1.12 bits per heavy atom. The van der Waals surface area contributed by atoms with Crippen molar-refractivity contribution in [1.29, 1.82) is 0 Å². The Morgan fingerprint density at radius 2 is 1.80 bits per heavy atom. The summed E-state index contributed by atoms with van der Waals surface area (Å²) in [6, 6.07) is 9.09. The van der Waals surface area contributed by atoms with E-state index in [0.29, 0.717) is 16.5 Å². The number of hydrogen-bond acceptors (Lipinski definition) is 4. The van der Waals surface area contributed by atoms with Crippen molar-refractivity contribution in [2.45, 2.75) is 6.32 Å². The molecule has 2 aromatic rings. The maximum Gasteiger partial charge on any atom is 0.261 e. The lowest BCUT2D eigenvalue weighted by Gasteiger charge is -2.28. The fourth-order valence-corrected chi connectivity index (χ4v) is 3.10. The molecule has 0 saturated heterocycles. The van der Waals surface area contributed by atoms with Crippen molar-refractivity contribution in [3.05, 3.63) is 41.5 Å². The van der Waals surface area contributed by atoms with Gasteiger partial charge in [0, 0.05) is 54.8 Å². The highest BCUT2D eigenvalue weighted by Gasteiger charge is 2.33. The number of carbonyl (C=O) groups excluding carboxylic acids is 3. The smallest absolute Gasteiger partial charge is 0.261 e. The van der Waals surface area contributed by atoms with Gasteiger partial charge >= 0.3 is 0 Å². The molecule has 1 aliphatic heterocycles. The number of anilines is 1. The van der Waals surface area contributed by atoms with Crippen LogP contribution >= 0.6 is 0 Å². The summed E-state index contributed by atoms with van der Waals surface area (Å²) in [6.45, 7) is 0.281. The maximum atomic E-state index is 12.8. The molecule has 126 valence electrons. The first-order chi connectivity index (χ1) is 12.0. The van der Waals surface area contributed by atoms with Crippen molar-refractivity contribution in [2.75, 3.05) is 32.1 Å². The summed E-state index contributed by atoms with van der Waals surface area (Å²) < 4.78 is 0. The number of nitrogens with zero attached hydrogens (tertiary/aromatic N) is 2. The highest BCUT2D eigenvalue weighted by molar-refractivity contribution is 6.26. The van der Waals surface area contributed by atoms with Gasteiger partial charge in [-0.15, -0.1) is 0 Å². The van der Waals surface area contributed by atoms with Gasteiger partial charge in [0.15, 0.2) is 0 Å². The minimum Gasteiger partial charge on any atom is -0.377 e. The second-order valence-corrected chi connectivity index (χ2v) is 6.07. The van der Waals surface area contributed by atoms with E-state index in [1.807, 2.05) is 37.2 Å². The number of amides is 3. The average Bonchev–Trinajstić information content (AvgIpc) is 2.61. The number of rotatable bonds is 5. The normalized spacial score (nSPS) is 13.3. The van der Waals surface area contributed by atoms with Crippen LogP contribution in [0.25, 0.3) is 10.8 Å². The molecule has 2 radical (unpaired) electrons. The second kappa shape index (κ2) is 6.59. The van der Waals surface area contributed by atoms with Crippen molar-refractivity contribution < 1.29 is 14.4 Å². The van der Waals surface area contributed by atoms with E-state index in [0.717, 1.165) is 11.1 Å². The van der Waals surface area contributed by atoms with Crippen molar-refractivity contribution >= 4 is 42.0 Å². The molecule has 6 nitrogen and oxygen atoms in total. The molecular formula is C18H18BN3O3. The number of imide groups is 1. The molecule has 1 aliphatic rings. The zero-order chi connectivity index (χ0) is 18.1. The van der Waals surface area contributed by atoms with Gasteiger partial charge in [-0.1, -0.05) is 12.1 Å². The monoisotopic (exact) mass is 335 g/mol. The molecular weight excluding hydrogens is 317 g/mol. The predicted octanol–water partition coefficient (Wildman–Crippen LogP) is 1.20. The van der Waals surface area contributed by atoms with Gasteiger partial charge < -0.3 is 10.2 Å². The van der Waals surface area contributed by atoms with E-state index >= 15 is 0 Å². The number of carbonyl (C=O) groups is 3.